The zero-order valence-electron chi connectivity index (χ0n) is 33.6. The number of thioether (sulfide) groups is 1. The van der Waals surface area contributed by atoms with Crippen LogP contribution in [-0.4, -0.2) is 99.6 Å². The standard InChI is InChI=1S/C45H56N4O8S/c1-3-49(4-2)37-15-16-41(39(31-37)42-30-36(17-19-46-42)45(53)47-40-14-8-11-34-10-5-6-13-38(34)40)48-44(52)35-12-7-9-33(29-35)32-58-28-27-57-26-25-56-24-23-55-22-21-54-20-18-43(50)51/h5-7,9-10,12-13,15-17,19,29-31,40H,3-4,8,11,14,18,20-28,32H2,1-2H3,(H,47,53)(H,48,52)(H,50,51). The molecule has 1 heterocycles. The van der Waals surface area contributed by atoms with Crippen molar-refractivity contribution in [1.29, 1.82) is 0 Å². The van der Waals surface area contributed by atoms with E-state index in [4.69, 9.17) is 24.1 Å². The lowest BCUT2D eigenvalue weighted by atomic mass is 9.87. The number of aromatic nitrogens is 1. The summed E-state index contributed by atoms with van der Waals surface area (Å²) in [6, 6.07) is 25.4. The predicted molar refractivity (Wildman–Crippen MR) is 229 cm³/mol. The van der Waals surface area contributed by atoms with E-state index < -0.39 is 5.97 Å². The zero-order chi connectivity index (χ0) is 41.0. The summed E-state index contributed by atoms with van der Waals surface area (Å²) in [5.74, 6) is 0.259. The van der Waals surface area contributed by atoms with Crippen molar-refractivity contribution in [2.24, 2.45) is 0 Å². The summed E-state index contributed by atoms with van der Waals surface area (Å²) in [5, 5.41) is 15.0. The number of carboxylic acid groups (broad SMARTS) is 1. The molecular weight excluding hydrogens is 757 g/mol. The molecule has 3 N–H and O–H groups in total. The third-order valence-corrected chi connectivity index (χ3v) is 10.8. The Labute approximate surface area is 346 Å². The minimum absolute atomic E-state index is 0.0140. The van der Waals surface area contributed by atoms with Crippen LogP contribution in [0.15, 0.2) is 85.1 Å². The van der Waals surface area contributed by atoms with Crippen LogP contribution in [0, 0.1) is 0 Å². The molecule has 1 atom stereocenters. The number of rotatable bonds is 25. The van der Waals surface area contributed by atoms with Crippen LogP contribution in [0.4, 0.5) is 11.4 Å². The molecule has 0 spiro atoms. The quantitative estimate of drug-likeness (QED) is 0.0574. The average molecular weight is 813 g/mol. The van der Waals surface area contributed by atoms with E-state index in [9.17, 15) is 14.4 Å². The molecule has 0 saturated heterocycles. The molecule has 0 radical (unpaired) electrons. The number of aryl methyl sites for hydroxylation is 1. The van der Waals surface area contributed by atoms with Gasteiger partial charge in [0.15, 0.2) is 0 Å². The highest BCUT2D eigenvalue weighted by molar-refractivity contribution is 7.98. The number of nitrogens with zero attached hydrogens (tertiary/aromatic N) is 2. The number of carboxylic acids is 1. The predicted octanol–water partition coefficient (Wildman–Crippen LogP) is 7.43. The van der Waals surface area contributed by atoms with Gasteiger partial charge in [0.05, 0.1) is 76.7 Å². The Balaban J connectivity index is 1.12. The Morgan fingerprint density at radius 3 is 2.24 bits per heavy atom. The van der Waals surface area contributed by atoms with Crippen LogP contribution in [0.1, 0.15) is 76.6 Å². The molecule has 1 aliphatic rings. The lowest BCUT2D eigenvalue weighted by Gasteiger charge is -2.26. The van der Waals surface area contributed by atoms with E-state index >= 15 is 0 Å². The van der Waals surface area contributed by atoms with E-state index in [1.165, 1.54) is 11.1 Å². The van der Waals surface area contributed by atoms with Gasteiger partial charge in [-0.25, -0.2) is 0 Å². The summed E-state index contributed by atoms with van der Waals surface area (Å²) in [5.41, 5.74) is 7.51. The van der Waals surface area contributed by atoms with Crippen molar-refractivity contribution in [2.45, 2.75) is 51.3 Å². The summed E-state index contributed by atoms with van der Waals surface area (Å²) in [6.45, 7) is 9.18. The molecular formula is C45H56N4O8S. The van der Waals surface area contributed by atoms with Gasteiger partial charge in [-0.05, 0) is 92.3 Å². The molecule has 2 amide bonds. The van der Waals surface area contributed by atoms with E-state index in [1.54, 1.807) is 30.1 Å². The van der Waals surface area contributed by atoms with Crippen molar-refractivity contribution in [3.8, 4) is 11.3 Å². The highest BCUT2D eigenvalue weighted by atomic mass is 32.2. The minimum atomic E-state index is -0.881. The number of carbonyl (C=O) groups excluding carboxylic acids is 2. The van der Waals surface area contributed by atoms with E-state index in [0.717, 1.165) is 60.7 Å². The smallest absolute Gasteiger partial charge is 0.305 e. The van der Waals surface area contributed by atoms with Gasteiger partial charge < -0.3 is 39.6 Å². The Kier molecular flexibility index (Phi) is 18.5. The molecule has 5 rings (SSSR count). The number of hydrogen-bond donors (Lipinski definition) is 3. The fraction of sp³-hybridized carbons (Fsp3) is 0.422. The van der Waals surface area contributed by atoms with Gasteiger partial charge in [-0.3, -0.25) is 19.4 Å². The van der Waals surface area contributed by atoms with Crippen LogP contribution in [0.2, 0.25) is 0 Å². The van der Waals surface area contributed by atoms with E-state index in [-0.39, 0.29) is 30.9 Å². The summed E-state index contributed by atoms with van der Waals surface area (Å²) in [4.78, 5) is 44.7. The molecule has 4 aromatic rings. The Bertz CT molecular complexity index is 1920. The first-order valence-electron chi connectivity index (χ1n) is 20.1. The first kappa shape index (κ1) is 44.3. The number of fused-ring (bicyclic) bond motifs is 1. The number of carbonyl (C=O) groups is 3. The maximum atomic E-state index is 13.7. The van der Waals surface area contributed by atoms with Crippen LogP contribution in [0.5, 0.6) is 0 Å². The molecule has 0 aliphatic heterocycles. The fourth-order valence-corrected chi connectivity index (χ4v) is 7.52. The molecule has 310 valence electrons. The highest BCUT2D eigenvalue weighted by Gasteiger charge is 2.23. The van der Waals surface area contributed by atoms with Gasteiger partial charge in [-0.15, -0.1) is 0 Å². The van der Waals surface area contributed by atoms with Crippen LogP contribution in [0.3, 0.4) is 0 Å². The van der Waals surface area contributed by atoms with Gasteiger partial charge in [-0.2, -0.15) is 11.8 Å². The molecule has 3 aromatic carbocycles. The zero-order valence-corrected chi connectivity index (χ0v) is 34.4. The van der Waals surface area contributed by atoms with Gasteiger partial charge >= 0.3 is 5.97 Å². The van der Waals surface area contributed by atoms with Crippen molar-refractivity contribution >= 4 is 40.9 Å². The van der Waals surface area contributed by atoms with Crippen LogP contribution in [-0.2, 0) is 35.9 Å². The number of amides is 2. The first-order valence-corrected chi connectivity index (χ1v) is 21.3. The van der Waals surface area contributed by atoms with Crippen LogP contribution in [0.25, 0.3) is 11.3 Å². The summed E-state index contributed by atoms with van der Waals surface area (Å²) in [6.07, 6.45) is 4.58. The summed E-state index contributed by atoms with van der Waals surface area (Å²) < 4.78 is 21.8. The Morgan fingerprint density at radius 1 is 0.793 bits per heavy atom. The van der Waals surface area contributed by atoms with E-state index in [2.05, 4.69) is 46.5 Å². The Hall–Kier alpha value is -4.79. The highest BCUT2D eigenvalue weighted by Crippen LogP contribution is 2.33. The number of hydrogen-bond acceptors (Lipinski definition) is 10. The lowest BCUT2D eigenvalue weighted by Crippen LogP contribution is -2.31. The Morgan fingerprint density at radius 2 is 1.50 bits per heavy atom. The van der Waals surface area contributed by atoms with Gasteiger partial charge in [-0.1, -0.05) is 36.4 Å². The first-order chi connectivity index (χ1) is 28.4. The van der Waals surface area contributed by atoms with Crippen LogP contribution >= 0.6 is 11.8 Å². The largest absolute Gasteiger partial charge is 0.481 e. The van der Waals surface area contributed by atoms with Crippen molar-refractivity contribution in [2.75, 3.05) is 81.9 Å². The summed E-state index contributed by atoms with van der Waals surface area (Å²) in [7, 11) is 0. The number of ether oxygens (including phenoxy) is 4. The second-order valence-electron chi connectivity index (χ2n) is 13.7. The molecule has 1 unspecified atom stereocenters. The molecule has 12 nitrogen and oxygen atoms in total. The van der Waals surface area contributed by atoms with Crippen LogP contribution < -0.4 is 15.5 Å². The van der Waals surface area contributed by atoms with Crippen molar-refractivity contribution in [3.63, 3.8) is 0 Å². The molecule has 1 aliphatic carbocycles. The molecule has 1 aromatic heterocycles. The second-order valence-corrected chi connectivity index (χ2v) is 14.9. The molecule has 13 heteroatoms. The number of aliphatic carboxylic acids is 1. The van der Waals surface area contributed by atoms with Gasteiger partial charge in [0.1, 0.15) is 0 Å². The third-order valence-electron chi connectivity index (χ3n) is 9.76. The maximum absolute atomic E-state index is 13.7. The average Bonchev–Trinajstić information content (AvgIpc) is 3.24. The molecule has 0 fully saturated rings. The summed E-state index contributed by atoms with van der Waals surface area (Å²) >= 11 is 1.73. The normalized spacial score (nSPS) is 13.4. The fourth-order valence-electron chi connectivity index (χ4n) is 6.73. The molecule has 58 heavy (non-hydrogen) atoms. The second kappa shape index (κ2) is 24.2. The van der Waals surface area contributed by atoms with Crippen molar-refractivity contribution < 1.29 is 38.4 Å². The van der Waals surface area contributed by atoms with Crippen molar-refractivity contribution in [1.82, 2.24) is 10.3 Å². The van der Waals surface area contributed by atoms with Gasteiger partial charge in [0.25, 0.3) is 11.8 Å². The number of pyridine rings is 1. The minimum Gasteiger partial charge on any atom is -0.481 e. The number of nitrogens with one attached hydrogen (secondary N) is 2. The number of anilines is 2. The third kappa shape index (κ3) is 13.9. The van der Waals surface area contributed by atoms with E-state index in [0.29, 0.717) is 68.8 Å². The van der Waals surface area contributed by atoms with E-state index in [1.807, 2.05) is 54.6 Å². The SMILES string of the molecule is CCN(CC)c1ccc(NC(=O)c2cccc(CSCCOCCOCCOCCOCCC(=O)O)c2)c(-c2cc(C(=O)NC3CCCc4ccccc43)ccn2)c1. The van der Waals surface area contributed by atoms with Gasteiger partial charge in [0.2, 0.25) is 0 Å². The molecule has 0 saturated carbocycles. The molecule has 0 bridgehead atoms. The number of benzene rings is 3. The lowest BCUT2D eigenvalue weighted by molar-refractivity contribution is -0.138. The topological polar surface area (TPSA) is 149 Å². The maximum Gasteiger partial charge on any atom is 0.305 e. The van der Waals surface area contributed by atoms with Gasteiger partial charge in [0, 0.05) is 53.2 Å². The monoisotopic (exact) mass is 812 g/mol. The van der Waals surface area contributed by atoms with Crippen molar-refractivity contribution in [3.05, 3.63) is 113 Å².